The Balaban J connectivity index is 1.46. The molecule has 0 aliphatic heterocycles. The molecule has 0 amide bonds. The highest BCUT2D eigenvalue weighted by Gasteiger charge is 2.18. The number of fused-ring (bicyclic) bond motifs is 1. The number of para-hydroxylation sites is 1. The van der Waals surface area contributed by atoms with Crippen LogP contribution in [0.4, 0.5) is 10.1 Å². The maximum absolute atomic E-state index is 13.6. The quantitative estimate of drug-likeness (QED) is 0.221. The molecular formula is C36H29FN2O2. The first-order valence-electron chi connectivity index (χ1n) is 13.5. The van der Waals surface area contributed by atoms with Crippen molar-refractivity contribution in [1.29, 1.82) is 0 Å². The van der Waals surface area contributed by atoms with Crippen LogP contribution >= 0.6 is 0 Å². The zero-order chi connectivity index (χ0) is 28.6. The van der Waals surface area contributed by atoms with Crippen LogP contribution in [0.5, 0.6) is 5.75 Å². The topological polar surface area (TPSA) is 58.6 Å². The zero-order valence-corrected chi connectivity index (χ0v) is 23.1. The molecule has 0 spiro atoms. The minimum Gasteiger partial charge on any atom is -0.507 e. The molecule has 0 fully saturated rings. The van der Waals surface area contributed by atoms with Crippen molar-refractivity contribution in [1.82, 2.24) is 4.98 Å². The molecule has 0 radical (unpaired) electrons. The van der Waals surface area contributed by atoms with Crippen molar-refractivity contribution in [3.8, 4) is 39.5 Å². The molecule has 41 heavy (non-hydrogen) atoms. The molecule has 0 aliphatic carbocycles. The third-order valence-corrected chi connectivity index (χ3v) is 7.13. The van der Waals surface area contributed by atoms with Crippen LogP contribution in [0.15, 0.2) is 119 Å². The number of hydrogen-bond donors (Lipinski definition) is 1. The van der Waals surface area contributed by atoms with E-state index in [4.69, 9.17) is 14.4 Å². The molecule has 1 aromatic heterocycles. The lowest BCUT2D eigenvalue weighted by atomic mass is 9.86. The summed E-state index contributed by atoms with van der Waals surface area (Å²) in [6.45, 7) is 6.40. The van der Waals surface area contributed by atoms with E-state index in [1.807, 2.05) is 72.8 Å². The van der Waals surface area contributed by atoms with Crippen molar-refractivity contribution in [3.05, 3.63) is 126 Å². The fourth-order valence-corrected chi connectivity index (χ4v) is 4.82. The number of nitrogens with zero attached hydrogens (tertiary/aromatic N) is 2. The van der Waals surface area contributed by atoms with Gasteiger partial charge >= 0.3 is 0 Å². The summed E-state index contributed by atoms with van der Waals surface area (Å²) < 4.78 is 20.0. The van der Waals surface area contributed by atoms with Crippen LogP contribution in [0.25, 0.3) is 44.8 Å². The third kappa shape index (κ3) is 5.39. The van der Waals surface area contributed by atoms with Crippen molar-refractivity contribution < 1.29 is 13.9 Å². The average molecular weight is 541 g/mol. The van der Waals surface area contributed by atoms with Crippen molar-refractivity contribution in [3.63, 3.8) is 0 Å². The molecule has 5 aromatic carbocycles. The maximum Gasteiger partial charge on any atom is 0.229 e. The minimum atomic E-state index is -0.282. The summed E-state index contributed by atoms with van der Waals surface area (Å²) in [5, 5.41) is 10.5. The lowest BCUT2D eigenvalue weighted by Crippen LogP contribution is -2.11. The van der Waals surface area contributed by atoms with Crippen molar-refractivity contribution >= 4 is 23.0 Å². The smallest absolute Gasteiger partial charge is 0.229 e. The number of rotatable bonds is 5. The predicted molar refractivity (Wildman–Crippen MR) is 164 cm³/mol. The summed E-state index contributed by atoms with van der Waals surface area (Å²) in [5.41, 5.74) is 8.13. The number of aromatic hydroxyl groups is 1. The Morgan fingerprint density at radius 3 is 2.24 bits per heavy atom. The Hall–Kier alpha value is -5.03. The van der Waals surface area contributed by atoms with Gasteiger partial charge in [-0.05, 0) is 76.2 Å². The van der Waals surface area contributed by atoms with Gasteiger partial charge in [0.25, 0.3) is 0 Å². The Kier molecular flexibility index (Phi) is 6.72. The van der Waals surface area contributed by atoms with Gasteiger partial charge in [-0.15, -0.1) is 0 Å². The second-order valence-corrected chi connectivity index (χ2v) is 11.1. The summed E-state index contributed by atoms with van der Waals surface area (Å²) in [7, 11) is 0. The molecular weight excluding hydrogens is 511 g/mol. The third-order valence-electron chi connectivity index (χ3n) is 7.13. The number of benzene rings is 5. The first-order chi connectivity index (χ1) is 19.8. The number of oxazole rings is 1. The van der Waals surface area contributed by atoms with Gasteiger partial charge in [0.05, 0.1) is 11.3 Å². The van der Waals surface area contributed by atoms with Crippen LogP contribution < -0.4 is 0 Å². The molecule has 6 rings (SSSR count). The molecule has 1 N–H and O–H groups in total. The van der Waals surface area contributed by atoms with E-state index < -0.39 is 0 Å². The second kappa shape index (κ2) is 10.5. The van der Waals surface area contributed by atoms with Gasteiger partial charge in [0.1, 0.15) is 17.1 Å². The van der Waals surface area contributed by atoms with Crippen LogP contribution in [0.3, 0.4) is 0 Å². The van der Waals surface area contributed by atoms with E-state index in [9.17, 15) is 9.50 Å². The monoisotopic (exact) mass is 540 g/mol. The second-order valence-electron chi connectivity index (χ2n) is 11.1. The van der Waals surface area contributed by atoms with Crippen LogP contribution in [-0.2, 0) is 5.41 Å². The van der Waals surface area contributed by atoms with Gasteiger partial charge in [-0.1, -0.05) is 81.4 Å². The Labute approximate surface area is 238 Å². The molecule has 6 aromatic rings. The van der Waals surface area contributed by atoms with E-state index in [1.54, 1.807) is 24.4 Å². The summed E-state index contributed by atoms with van der Waals surface area (Å²) in [5.74, 6) is 0.325. The molecule has 0 atom stereocenters. The van der Waals surface area contributed by atoms with E-state index in [-0.39, 0.29) is 17.0 Å². The summed E-state index contributed by atoms with van der Waals surface area (Å²) in [6.07, 6.45) is 1.67. The van der Waals surface area contributed by atoms with E-state index in [0.29, 0.717) is 22.7 Å². The van der Waals surface area contributed by atoms with Gasteiger partial charge < -0.3 is 9.52 Å². The van der Waals surface area contributed by atoms with Crippen LogP contribution in [0.1, 0.15) is 31.9 Å². The lowest BCUT2D eigenvalue weighted by molar-refractivity contribution is 0.473. The molecule has 0 saturated carbocycles. The SMILES string of the molecule is CC(C)(C)c1ccc(O)c(C=Nc2ccccc2-c2nc3c(-c4ccccc4)cc(-c4ccc(F)cc4)cc3o2)c1. The van der Waals surface area contributed by atoms with Gasteiger partial charge in [-0.3, -0.25) is 4.99 Å². The number of phenolic OH excluding ortho intramolecular Hbond substituents is 1. The van der Waals surface area contributed by atoms with Crippen LogP contribution in [0, 0.1) is 5.82 Å². The number of hydrogen-bond acceptors (Lipinski definition) is 4. The van der Waals surface area contributed by atoms with E-state index in [1.165, 1.54) is 12.1 Å². The van der Waals surface area contributed by atoms with Crippen molar-refractivity contribution in [2.75, 3.05) is 0 Å². The van der Waals surface area contributed by atoms with Crippen molar-refractivity contribution in [2.45, 2.75) is 26.2 Å². The number of phenols is 1. The Morgan fingerprint density at radius 1 is 0.756 bits per heavy atom. The van der Waals surface area contributed by atoms with E-state index in [0.717, 1.165) is 38.9 Å². The van der Waals surface area contributed by atoms with Gasteiger partial charge in [0, 0.05) is 17.3 Å². The van der Waals surface area contributed by atoms with Gasteiger partial charge in [-0.25, -0.2) is 9.37 Å². The molecule has 5 heteroatoms. The summed E-state index contributed by atoms with van der Waals surface area (Å²) in [4.78, 5) is 9.68. The van der Waals surface area contributed by atoms with Crippen LogP contribution in [-0.4, -0.2) is 16.3 Å². The molecule has 1 heterocycles. The van der Waals surface area contributed by atoms with Crippen LogP contribution in [0.2, 0.25) is 0 Å². The zero-order valence-electron chi connectivity index (χ0n) is 23.1. The summed E-state index contributed by atoms with van der Waals surface area (Å²) in [6, 6.07) is 33.7. The molecule has 0 saturated heterocycles. The molecule has 202 valence electrons. The van der Waals surface area contributed by atoms with Crippen molar-refractivity contribution in [2.24, 2.45) is 4.99 Å². The first-order valence-corrected chi connectivity index (χ1v) is 13.5. The minimum absolute atomic E-state index is 0.0599. The van der Waals surface area contributed by atoms with E-state index in [2.05, 4.69) is 26.8 Å². The largest absolute Gasteiger partial charge is 0.507 e. The lowest BCUT2D eigenvalue weighted by Gasteiger charge is -2.19. The standard InChI is InChI=1S/C36H29FN2O2/c1-36(2,3)27-15-18-32(40)26(19-27)22-38-31-12-8-7-11-29(31)35-39-34-30(24-9-5-4-6-10-24)20-25(21-33(34)41-35)23-13-16-28(37)17-14-23/h4-22,40H,1-3H3. The van der Waals surface area contributed by atoms with Gasteiger partial charge in [-0.2, -0.15) is 0 Å². The normalized spacial score (nSPS) is 11.9. The highest BCUT2D eigenvalue weighted by molar-refractivity contribution is 5.96. The molecule has 0 aliphatic rings. The Bertz CT molecular complexity index is 1880. The van der Waals surface area contributed by atoms with Gasteiger partial charge in [0.2, 0.25) is 5.89 Å². The van der Waals surface area contributed by atoms with E-state index >= 15 is 0 Å². The van der Waals surface area contributed by atoms with Gasteiger partial charge in [0.15, 0.2) is 5.58 Å². The predicted octanol–water partition coefficient (Wildman–Crippen LogP) is 9.72. The number of aromatic nitrogens is 1. The maximum atomic E-state index is 13.6. The fourth-order valence-electron chi connectivity index (χ4n) is 4.82. The average Bonchev–Trinajstić information content (AvgIpc) is 3.41. The summed E-state index contributed by atoms with van der Waals surface area (Å²) >= 11 is 0. The highest BCUT2D eigenvalue weighted by Crippen LogP contribution is 2.38. The highest BCUT2D eigenvalue weighted by atomic mass is 19.1. The molecule has 4 nitrogen and oxygen atoms in total. The molecule has 0 bridgehead atoms. The first kappa shape index (κ1) is 26.2. The fraction of sp³-hybridized carbons (Fsp3) is 0.111. The number of aliphatic imine (C=N–C) groups is 1. The Morgan fingerprint density at radius 2 is 1.49 bits per heavy atom. The number of halogens is 1. The molecule has 0 unspecified atom stereocenters.